The molecule has 0 radical (unpaired) electrons. The van der Waals surface area contributed by atoms with E-state index in [-0.39, 0.29) is 17.3 Å². The van der Waals surface area contributed by atoms with Crippen molar-refractivity contribution in [2.75, 3.05) is 23.1 Å². The molecule has 0 aliphatic heterocycles. The van der Waals surface area contributed by atoms with Gasteiger partial charge in [-0.2, -0.15) is 11.8 Å². The summed E-state index contributed by atoms with van der Waals surface area (Å²) in [6.07, 6.45) is 0. The average Bonchev–Trinajstić information content (AvgIpc) is 2.84. The first kappa shape index (κ1) is 28.4. The predicted octanol–water partition coefficient (Wildman–Crippen LogP) is 6.67. The molecule has 1 N–H and O–H groups in total. The Bertz CT molecular complexity index is 1260. The first-order valence-electron chi connectivity index (χ1n) is 11.6. The number of nitrogens with one attached hydrogen (secondary N) is 1. The molecule has 0 heterocycles. The highest BCUT2D eigenvalue weighted by Gasteiger charge is 2.27. The van der Waals surface area contributed by atoms with E-state index >= 15 is 0 Å². The first-order chi connectivity index (χ1) is 17.1. The van der Waals surface area contributed by atoms with E-state index in [9.17, 15) is 13.2 Å². The average molecular weight is 566 g/mol. The van der Waals surface area contributed by atoms with Crippen LogP contribution in [0.25, 0.3) is 0 Å². The highest BCUT2D eigenvalue weighted by atomic mass is 35.5. The minimum Gasteiger partial charge on any atom is -0.354 e. The van der Waals surface area contributed by atoms with E-state index in [0.717, 1.165) is 21.0 Å². The predicted molar refractivity (Wildman–Crippen MR) is 152 cm³/mol. The van der Waals surface area contributed by atoms with Gasteiger partial charge in [-0.25, -0.2) is 8.42 Å². The number of thioether (sulfide) groups is 1. The summed E-state index contributed by atoms with van der Waals surface area (Å²) in [4.78, 5) is 12.9. The topological polar surface area (TPSA) is 66.5 Å². The lowest BCUT2D eigenvalue weighted by Crippen LogP contribution is -2.41. The molecule has 0 unspecified atom stereocenters. The molecule has 3 aromatic rings. The van der Waals surface area contributed by atoms with Crippen LogP contribution in [0, 0.1) is 6.92 Å². The van der Waals surface area contributed by atoms with Crippen molar-refractivity contribution in [2.24, 2.45) is 0 Å². The van der Waals surface area contributed by atoms with E-state index < -0.39 is 10.0 Å². The van der Waals surface area contributed by atoms with E-state index in [2.05, 4.69) is 19.2 Å². The maximum atomic E-state index is 13.5. The van der Waals surface area contributed by atoms with Gasteiger partial charge in [0, 0.05) is 28.1 Å². The number of hydrogen-bond donors (Lipinski definition) is 1. The van der Waals surface area contributed by atoms with Crippen molar-refractivity contribution in [3.05, 3.63) is 93.5 Å². The van der Waals surface area contributed by atoms with Crippen molar-refractivity contribution < 1.29 is 13.2 Å². The molecule has 3 rings (SSSR count). The van der Waals surface area contributed by atoms with Crippen LogP contribution in [0.5, 0.6) is 0 Å². The third kappa shape index (κ3) is 7.42. The standard InChI is InChI=1S/C27H30Cl2N2O3S2/c1-19(2)21-9-11-22(12-10-21)31(36(33,34)23-13-7-20(3)8-14-23)17-27(32)30-15-16-35-18-24-25(28)5-4-6-26(24)29/h4-14,19H,15-18H2,1-3H3,(H,30,32). The normalized spacial score (nSPS) is 11.5. The number of hydrogen-bond acceptors (Lipinski definition) is 4. The fraction of sp³-hybridized carbons (Fsp3) is 0.296. The number of rotatable bonds is 11. The molecule has 0 aliphatic carbocycles. The maximum Gasteiger partial charge on any atom is 0.264 e. The molecular formula is C27H30Cl2N2O3S2. The quantitative estimate of drug-likeness (QED) is 0.264. The number of aryl methyl sites for hydroxylation is 1. The number of carbonyl (C=O) groups is 1. The number of nitrogens with zero attached hydrogens (tertiary/aromatic N) is 1. The van der Waals surface area contributed by atoms with Crippen LogP contribution in [0.2, 0.25) is 10.0 Å². The lowest BCUT2D eigenvalue weighted by atomic mass is 10.0. The largest absolute Gasteiger partial charge is 0.354 e. The Balaban J connectivity index is 1.68. The van der Waals surface area contributed by atoms with Gasteiger partial charge in [0.05, 0.1) is 10.6 Å². The van der Waals surface area contributed by atoms with Crippen LogP contribution < -0.4 is 9.62 Å². The van der Waals surface area contributed by atoms with E-state index in [0.29, 0.717) is 39.7 Å². The van der Waals surface area contributed by atoms with Crippen molar-refractivity contribution in [3.63, 3.8) is 0 Å². The molecule has 0 saturated heterocycles. The van der Waals surface area contributed by atoms with Gasteiger partial charge in [-0.3, -0.25) is 9.10 Å². The van der Waals surface area contributed by atoms with Crippen LogP contribution in [0.1, 0.15) is 36.5 Å². The van der Waals surface area contributed by atoms with Gasteiger partial charge in [0.1, 0.15) is 6.54 Å². The van der Waals surface area contributed by atoms with Gasteiger partial charge in [0.15, 0.2) is 0 Å². The van der Waals surface area contributed by atoms with Gasteiger partial charge in [-0.05, 0) is 60.4 Å². The van der Waals surface area contributed by atoms with E-state index in [1.54, 1.807) is 66.4 Å². The maximum absolute atomic E-state index is 13.5. The zero-order chi connectivity index (χ0) is 26.3. The van der Waals surface area contributed by atoms with Crippen LogP contribution >= 0.6 is 35.0 Å². The number of amides is 1. The van der Waals surface area contributed by atoms with Gasteiger partial charge in [0.25, 0.3) is 10.0 Å². The summed E-state index contributed by atoms with van der Waals surface area (Å²) in [6.45, 7) is 6.10. The zero-order valence-corrected chi connectivity index (χ0v) is 23.6. The molecule has 0 aliphatic rings. The molecule has 0 atom stereocenters. The summed E-state index contributed by atoms with van der Waals surface area (Å²) in [5.41, 5.74) is 3.34. The van der Waals surface area contributed by atoms with E-state index in [1.165, 1.54) is 0 Å². The minimum atomic E-state index is -3.94. The second-order valence-corrected chi connectivity index (χ2v) is 12.5. The van der Waals surface area contributed by atoms with E-state index in [4.69, 9.17) is 23.2 Å². The summed E-state index contributed by atoms with van der Waals surface area (Å²) in [6, 6.07) is 19.3. The van der Waals surface area contributed by atoms with Gasteiger partial charge in [0.2, 0.25) is 5.91 Å². The molecule has 0 spiro atoms. The van der Waals surface area contributed by atoms with Crippen LogP contribution in [-0.2, 0) is 20.6 Å². The molecule has 192 valence electrons. The zero-order valence-electron chi connectivity index (χ0n) is 20.5. The Morgan fingerprint density at radius 2 is 1.58 bits per heavy atom. The molecule has 3 aromatic carbocycles. The Kier molecular flexibility index (Phi) is 10.1. The van der Waals surface area contributed by atoms with Crippen LogP contribution in [-0.4, -0.2) is 33.2 Å². The molecule has 1 amide bonds. The summed E-state index contributed by atoms with van der Waals surface area (Å²) in [7, 11) is -3.94. The minimum absolute atomic E-state index is 0.140. The molecule has 0 saturated carbocycles. The SMILES string of the molecule is Cc1ccc(S(=O)(=O)N(CC(=O)NCCSCc2c(Cl)cccc2Cl)c2ccc(C(C)C)cc2)cc1. The van der Waals surface area contributed by atoms with Crippen molar-refractivity contribution in [1.29, 1.82) is 0 Å². The third-order valence-electron chi connectivity index (χ3n) is 5.62. The molecule has 36 heavy (non-hydrogen) atoms. The molecule has 5 nitrogen and oxygen atoms in total. The Morgan fingerprint density at radius 3 is 2.17 bits per heavy atom. The van der Waals surface area contributed by atoms with Gasteiger partial charge >= 0.3 is 0 Å². The van der Waals surface area contributed by atoms with Crippen molar-refractivity contribution in [2.45, 2.75) is 37.3 Å². The third-order valence-corrected chi connectivity index (χ3v) is 9.10. The Labute approximate surface area is 228 Å². The summed E-state index contributed by atoms with van der Waals surface area (Å²) < 4.78 is 28.2. The van der Waals surface area contributed by atoms with Gasteiger partial charge in [-0.1, -0.05) is 72.9 Å². The monoisotopic (exact) mass is 564 g/mol. The smallest absolute Gasteiger partial charge is 0.264 e. The number of halogens is 2. The fourth-order valence-electron chi connectivity index (χ4n) is 3.47. The van der Waals surface area contributed by atoms with Crippen LogP contribution in [0.4, 0.5) is 5.69 Å². The molecular weight excluding hydrogens is 535 g/mol. The van der Waals surface area contributed by atoms with Crippen molar-refractivity contribution in [3.8, 4) is 0 Å². The van der Waals surface area contributed by atoms with Gasteiger partial charge in [-0.15, -0.1) is 0 Å². The Morgan fingerprint density at radius 1 is 0.972 bits per heavy atom. The Hall–Kier alpha value is -2.19. The summed E-state index contributed by atoms with van der Waals surface area (Å²) >= 11 is 14.0. The van der Waals surface area contributed by atoms with Crippen molar-refractivity contribution >= 4 is 56.6 Å². The van der Waals surface area contributed by atoms with Crippen molar-refractivity contribution in [1.82, 2.24) is 5.32 Å². The number of benzene rings is 3. The highest BCUT2D eigenvalue weighted by Crippen LogP contribution is 2.28. The molecule has 0 bridgehead atoms. The highest BCUT2D eigenvalue weighted by molar-refractivity contribution is 7.98. The number of anilines is 1. The fourth-order valence-corrected chi connectivity index (χ4v) is 6.49. The second-order valence-electron chi connectivity index (χ2n) is 8.67. The summed E-state index contributed by atoms with van der Waals surface area (Å²) in [5.74, 6) is 1.17. The lowest BCUT2D eigenvalue weighted by Gasteiger charge is -2.24. The van der Waals surface area contributed by atoms with Gasteiger partial charge < -0.3 is 5.32 Å². The van der Waals surface area contributed by atoms with Crippen LogP contribution in [0.3, 0.4) is 0 Å². The lowest BCUT2D eigenvalue weighted by molar-refractivity contribution is -0.119. The number of sulfonamides is 1. The number of carbonyl (C=O) groups excluding carboxylic acids is 1. The molecule has 0 aromatic heterocycles. The molecule has 9 heteroatoms. The molecule has 0 fully saturated rings. The summed E-state index contributed by atoms with van der Waals surface area (Å²) in [5, 5.41) is 4.05. The van der Waals surface area contributed by atoms with E-state index in [1.807, 2.05) is 19.1 Å². The first-order valence-corrected chi connectivity index (χ1v) is 14.9. The second kappa shape index (κ2) is 12.9. The van der Waals surface area contributed by atoms with Crippen LogP contribution in [0.15, 0.2) is 71.6 Å².